The summed E-state index contributed by atoms with van der Waals surface area (Å²) in [5.74, 6) is 0.420. The molecule has 5 nitrogen and oxygen atoms in total. The maximum Gasteiger partial charge on any atom is 0.243 e. The Balaban J connectivity index is 1.68. The summed E-state index contributed by atoms with van der Waals surface area (Å²) in [5, 5.41) is 5.53. The molecule has 0 aliphatic carbocycles. The van der Waals surface area contributed by atoms with Gasteiger partial charge < -0.3 is 15.4 Å². The van der Waals surface area contributed by atoms with Crippen molar-refractivity contribution < 1.29 is 14.3 Å². The molecule has 2 amide bonds. The highest BCUT2D eigenvalue weighted by molar-refractivity contribution is 5.95. The quantitative estimate of drug-likeness (QED) is 0.696. The van der Waals surface area contributed by atoms with Gasteiger partial charge in [-0.2, -0.15) is 0 Å². The average molecular weight is 368 g/mol. The lowest BCUT2D eigenvalue weighted by Gasteiger charge is -2.13. The van der Waals surface area contributed by atoms with Crippen LogP contribution < -0.4 is 15.4 Å². The van der Waals surface area contributed by atoms with Gasteiger partial charge in [0.25, 0.3) is 0 Å². The number of hydrogen-bond donors (Lipinski definition) is 2. The highest BCUT2D eigenvalue weighted by atomic mass is 16.5. The molecule has 2 aromatic carbocycles. The SMILES string of the molecule is Cc1cccc(OCCCC(=O)NCC(=O)Nc2c(C)cc(C)cc2C)c1. The van der Waals surface area contributed by atoms with Crippen molar-refractivity contribution in [1.82, 2.24) is 5.32 Å². The molecule has 5 heteroatoms. The van der Waals surface area contributed by atoms with Crippen LogP contribution in [0.2, 0.25) is 0 Å². The zero-order chi connectivity index (χ0) is 19.8. The van der Waals surface area contributed by atoms with E-state index in [0.717, 1.165) is 33.7 Å². The third kappa shape index (κ3) is 6.77. The number of carbonyl (C=O) groups excluding carboxylic acids is 2. The van der Waals surface area contributed by atoms with Gasteiger partial charge in [-0.05, 0) is 62.9 Å². The summed E-state index contributed by atoms with van der Waals surface area (Å²) in [6.07, 6.45) is 0.916. The van der Waals surface area contributed by atoms with E-state index in [4.69, 9.17) is 4.74 Å². The van der Waals surface area contributed by atoms with Crippen LogP contribution in [-0.2, 0) is 9.59 Å². The molecular weight excluding hydrogens is 340 g/mol. The average Bonchev–Trinajstić information content (AvgIpc) is 2.60. The van der Waals surface area contributed by atoms with Gasteiger partial charge in [0.1, 0.15) is 5.75 Å². The molecular formula is C22H28N2O3. The molecule has 0 saturated heterocycles. The minimum absolute atomic E-state index is 0.0374. The normalized spacial score (nSPS) is 10.4. The largest absolute Gasteiger partial charge is 0.494 e. The number of ether oxygens (including phenoxy) is 1. The van der Waals surface area contributed by atoms with Crippen LogP contribution in [0, 0.1) is 27.7 Å². The Kier molecular flexibility index (Phi) is 7.41. The van der Waals surface area contributed by atoms with Crippen LogP contribution >= 0.6 is 0 Å². The summed E-state index contributed by atoms with van der Waals surface area (Å²) in [6.45, 7) is 8.37. The van der Waals surface area contributed by atoms with Gasteiger partial charge in [-0.3, -0.25) is 9.59 Å². The van der Waals surface area contributed by atoms with Crippen LogP contribution in [0.3, 0.4) is 0 Å². The molecule has 0 radical (unpaired) electrons. The lowest BCUT2D eigenvalue weighted by atomic mass is 10.1. The van der Waals surface area contributed by atoms with E-state index in [-0.39, 0.29) is 18.4 Å². The number of carbonyl (C=O) groups is 2. The third-order valence-corrected chi connectivity index (χ3v) is 4.19. The lowest BCUT2D eigenvalue weighted by Crippen LogP contribution is -2.33. The molecule has 144 valence electrons. The molecule has 0 atom stereocenters. The van der Waals surface area contributed by atoms with E-state index in [1.807, 2.05) is 64.1 Å². The molecule has 27 heavy (non-hydrogen) atoms. The van der Waals surface area contributed by atoms with Gasteiger partial charge in [0.05, 0.1) is 13.2 Å². The molecule has 0 aliphatic rings. The molecule has 2 N–H and O–H groups in total. The van der Waals surface area contributed by atoms with Gasteiger partial charge in [-0.1, -0.05) is 29.8 Å². The zero-order valence-electron chi connectivity index (χ0n) is 16.5. The van der Waals surface area contributed by atoms with E-state index < -0.39 is 0 Å². The van der Waals surface area contributed by atoms with E-state index in [1.54, 1.807) is 0 Å². The second-order valence-electron chi connectivity index (χ2n) is 6.87. The van der Waals surface area contributed by atoms with Crippen LogP contribution in [-0.4, -0.2) is 25.0 Å². The lowest BCUT2D eigenvalue weighted by molar-refractivity contribution is -0.124. The first-order chi connectivity index (χ1) is 12.8. The first-order valence-corrected chi connectivity index (χ1v) is 9.19. The van der Waals surface area contributed by atoms with Crippen LogP contribution in [0.4, 0.5) is 5.69 Å². The molecule has 0 unspecified atom stereocenters. The van der Waals surface area contributed by atoms with Crippen molar-refractivity contribution >= 4 is 17.5 Å². The Morgan fingerprint density at radius 1 is 0.926 bits per heavy atom. The van der Waals surface area contributed by atoms with E-state index in [9.17, 15) is 9.59 Å². The summed E-state index contributed by atoms with van der Waals surface area (Å²) < 4.78 is 5.62. The number of amides is 2. The summed E-state index contributed by atoms with van der Waals surface area (Å²) in [6, 6.07) is 11.8. The van der Waals surface area contributed by atoms with Crippen LogP contribution in [0.1, 0.15) is 35.1 Å². The van der Waals surface area contributed by atoms with Crippen molar-refractivity contribution in [2.45, 2.75) is 40.5 Å². The Hall–Kier alpha value is -2.82. The monoisotopic (exact) mass is 368 g/mol. The first kappa shape index (κ1) is 20.5. The van der Waals surface area contributed by atoms with E-state index in [0.29, 0.717) is 19.4 Å². The molecule has 0 spiro atoms. The fourth-order valence-electron chi connectivity index (χ4n) is 2.96. The van der Waals surface area contributed by atoms with Crippen molar-refractivity contribution in [2.75, 3.05) is 18.5 Å². The van der Waals surface area contributed by atoms with Crippen molar-refractivity contribution in [3.63, 3.8) is 0 Å². The minimum Gasteiger partial charge on any atom is -0.494 e. The second-order valence-corrected chi connectivity index (χ2v) is 6.87. The number of rotatable bonds is 8. The van der Waals surface area contributed by atoms with Gasteiger partial charge in [-0.15, -0.1) is 0 Å². The van der Waals surface area contributed by atoms with Crippen molar-refractivity contribution in [1.29, 1.82) is 0 Å². The topological polar surface area (TPSA) is 67.4 Å². The van der Waals surface area contributed by atoms with Gasteiger partial charge >= 0.3 is 0 Å². The molecule has 2 aromatic rings. The first-order valence-electron chi connectivity index (χ1n) is 9.19. The molecule has 0 heterocycles. The van der Waals surface area contributed by atoms with Crippen molar-refractivity contribution in [2.24, 2.45) is 0 Å². The van der Waals surface area contributed by atoms with Crippen LogP contribution in [0.5, 0.6) is 5.75 Å². The van der Waals surface area contributed by atoms with Crippen LogP contribution in [0.15, 0.2) is 36.4 Å². The Morgan fingerprint density at radius 2 is 1.63 bits per heavy atom. The maximum atomic E-state index is 12.1. The smallest absolute Gasteiger partial charge is 0.243 e. The maximum absolute atomic E-state index is 12.1. The molecule has 0 fully saturated rings. The third-order valence-electron chi connectivity index (χ3n) is 4.19. The fraction of sp³-hybridized carbons (Fsp3) is 0.364. The predicted molar refractivity (Wildman–Crippen MR) is 108 cm³/mol. The molecule has 0 bridgehead atoms. The Bertz CT molecular complexity index is 792. The van der Waals surface area contributed by atoms with Crippen molar-refractivity contribution in [3.8, 4) is 5.75 Å². The molecule has 0 aromatic heterocycles. The summed E-state index contributed by atoms with van der Waals surface area (Å²) in [5.41, 5.74) is 5.13. The Labute approximate surface area is 161 Å². The number of nitrogens with one attached hydrogen (secondary N) is 2. The standard InChI is InChI=1S/C22H28N2O3/c1-15-7-5-8-19(13-15)27-10-6-9-20(25)23-14-21(26)24-22-17(3)11-16(2)12-18(22)4/h5,7-8,11-13H,6,9-10,14H2,1-4H3,(H,23,25)(H,24,26). The Morgan fingerprint density at radius 3 is 2.30 bits per heavy atom. The van der Waals surface area contributed by atoms with Gasteiger partial charge in [0.2, 0.25) is 11.8 Å². The summed E-state index contributed by atoms with van der Waals surface area (Å²) in [7, 11) is 0. The highest BCUT2D eigenvalue weighted by Crippen LogP contribution is 2.21. The number of aryl methyl sites for hydroxylation is 4. The van der Waals surface area contributed by atoms with Gasteiger partial charge in [0, 0.05) is 12.1 Å². The minimum atomic E-state index is -0.227. The molecule has 2 rings (SSSR count). The van der Waals surface area contributed by atoms with E-state index in [2.05, 4.69) is 10.6 Å². The van der Waals surface area contributed by atoms with E-state index >= 15 is 0 Å². The number of anilines is 1. The molecule has 0 aliphatic heterocycles. The summed E-state index contributed by atoms with van der Waals surface area (Å²) >= 11 is 0. The van der Waals surface area contributed by atoms with Crippen molar-refractivity contribution in [3.05, 3.63) is 58.7 Å². The van der Waals surface area contributed by atoms with Crippen LogP contribution in [0.25, 0.3) is 0 Å². The number of hydrogen-bond acceptors (Lipinski definition) is 3. The van der Waals surface area contributed by atoms with E-state index in [1.165, 1.54) is 0 Å². The summed E-state index contributed by atoms with van der Waals surface area (Å²) in [4.78, 5) is 24.0. The highest BCUT2D eigenvalue weighted by Gasteiger charge is 2.10. The van der Waals surface area contributed by atoms with Gasteiger partial charge in [-0.25, -0.2) is 0 Å². The fourth-order valence-corrected chi connectivity index (χ4v) is 2.96. The predicted octanol–water partition coefficient (Wildman–Crippen LogP) is 3.83. The zero-order valence-corrected chi connectivity index (χ0v) is 16.5. The molecule has 0 saturated carbocycles. The number of benzene rings is 2. The second kappa shape index (κ2) is 9.76. The van der Waals surface area contributed by atoms with Gasteiger partial charge in [0.15, 0.2) is 0 Å².